The molecular weight excluding hydrogens is 696 g/mol. The van der Waals surface area contributed by atoms with Crippen molar-refractivity contribution in [2.45, 2.75) is 71.7 Å². The van der Waals surface area contributed by atoms with Gasteiger partial charge in [-0.05, 0) is 23.5 Å². The number of thiazole rings is 1. The SMILES string of the molecule is Cc1ncsc1-c1ccc(CNC(=O)[C@@H]2C[C@@H](O)CN2C(=O)[C@@H](NC(=O)CCOCCOCCOCCOCCOCCC(=O)O)C(C)(C)C)cc1. The molecule has 290 valence electrons. The molecule has 1 aromatic heterocycles. The molecular formula is C36H54N4O11S. The van der Waals surface area contributed by atoms with Gasteiger partial charge in [0.1, 0.15) is 12.1 Å². The van der Waals surface area contributed by atoms with E-state index in [1.165, 1.54) is 4.90 Å². The molecule has 0 aliphatic carbocycles. The minimum Gasteiger partial charge on any atom is -0.481 e. The van der Waals surface area contributed by atoms with Crippen molar-refractivity contribution in [3.8, 4) is 10.4 Å². The van der Waals surface area contributed by atoms with Gasteiger partial charge in [-0.1, -0.05) is 45.0 Å². The fraction of sp³-hybridized carbons (Fsp3) is 0.639. The first kappa shape index (κ1) is 42.9. The third-order valence-electron chi connectivity index (χ3n) is 8.13. The summed E-state index contributed by atoms with van der Waals surface area (Å²) < 4.78 is 26.9. The van der Waals surface area contributed by atoms with Crippen molar-refractivity contribution in [2.75, 3.05) is 72.6 Å². The first-order valence-corrected chi connectivity index (χ1v) is 18.4. The van der Waals surface area contributed by atoms with Crippen molar-refractivity contribution < 1.29 is 53.1 Å². The standard InChI is InChI=1S/C36H54N4O11S/c1-25-32(52-24-38-25)27-7-5-26(6-8-27)22-37-34(45)29-21-28(41)23-40(29)35(46)33(36(2,3)4)39-30(42)9-11-47-13-15-49-17-19-51-20-18-50-16-14-48-12-10-31(43)44/h5-8,24,28-29,33,41H,9-23H2,1-4H3,(H,37,45)(H,39,42)(H,43,44)/t28-,29+,33-/m1/s1. The first-order valence-electron chi connectivity index (χ1n) is 17.5. The molecule has 4 N–H and O–H groups in total. The van der Waals surface area contributed by atoms with E-state index in [2.05, 4.69) is 15.6 Å². The highest BCUT2D eigenvalue weighted by Gasteiger charge is 2.44. The van der Waals surface area contributed by atoms with Crippen molar-refractivity contribution >= 4 is 35.0 Å². The summed E-state index contributed by atoms with van der Waals surface area (Å²) in [7, 11) is 0. The van der Waals surface area contributed by atoms with Gasteiger partial charge in [-0.2, -0.15) is 0 Å². The number of aliphatic hydroxyl groups excluding tert-OH is 1. The number of carboxylic acids is 1. The van der Waals surface area contributed by atoms with Crippen molar-refractivity contribution in [3.63, 3.8) is 0 Å². The molecule has 3 atom stereocenters. The molecule has 52 heavy (non-hydrogen) atoms. The molecule has 1 aromatic carbocycles. The second kappa shape index (κ2) is 22.5. The summed E-state index contributed by atoms with van der Waals surface area (Å²) in [5.74, 6) is -2.06. The lowest BCUT2D eigenvalue weighted by molar-refractivity contribution is -0.144. The topological polar surface area (TPSA) is 195 Å². The normalized spacial score (nSPS) is 16.5. The number of β-amino-alcohol motifs (C(OH)–C–C–N with tert-alkyl or cyclic N) is 1. The molecule has 0 unspecified atom stereocenters. The smallest absolute Gasteiger partial charge is 0.305 e. The van der Waals surface area contributed by atoms with Crippen molar-refractivity contribution in [1.82, 2.24) is 20.5 Å². The van der Waals surface area contributed by atoms with E-state index in [-0.39, 0.29) is 64.0 Å². The number of nitrogens with zero attached hydrogens (tertiary/aromatic N) is 2. The molecule has 2 aromatic rings. The summed E-state index contributed by atoms with van der Waals surface area (Å²) in [6.07, 6.45) is -0.755. The van der Waals surface area contributed by atoms with Gasteiger partial charge in [0.15, 0.2) is 0 Å². The molecule has 3 rings (SSSR count). The number of carboxylic acid groups (broad SMARTS) is 1. The Balaban J connectivity index is 1.32. The Kier molecular flexibility index (Phi) is 18.6. The van der Waals surface area contributed by atoms with Crippen molar-refractivity contribution in [1.29, 1.82) is 0 Å². The maximum Gasteiger partial charge on any atom is 0.305 e. The second-order valence-corrected chi connectivity index (χ2v) is 14.3. The molecule has 16 heteroatoms. The van der Waals surface area contributed by atoms with Crippen LogP contribution in [0, 0.1) is 12.3 Å². The average molecular weight is 751 g/mol. The number of hydrogen-bond acceptors (Lipinski definition) is 12. The number of aromatic nitrogens is 1. The Morgan fingerprint density at radius 3 is 1.92 bits per heavy atom. The van der Waals surface area contributed by atoms with Gasteiger partial charge >= 0.3 is 5.97 Å². The van der Waals surface area contributed by atoms with Crippen LogP contribution < -0.4 is 10.6 Å². The van der Waals surface area contributed by atoms with Gasteiger partial charge < -0.3 is 49.4 Å². The van der Waals surface area contributed by atoms with Crippen LogP contribution in [-0.4, -0.2) is 135 Å². The average Bonchev–Trinajstić information content (AvgIpc) is 3.72. The molecule has 1 aliphatic rings. The van der Waals surface area contributed by atoms with Gasteiger partial charge in [-0.25, -0.2) is 4.98 Å². The summed E-state index contributed by atoms with van der Waals surface area (Å²) in [4.78, 5) is 57.1. The summed E-state index contributed by atoms with van der Waals surface area (Å²) >= 11 is 1.57. The Morgan fingerprint density at radius 1 is 0.885 bits per heavy atom. The Bertz CT molecular complexity index is 1400. The van der Waals surface area contributed by atoms with Crippen LogP contribution in [0.25, 0.3) is 10.4 Å². The van der Waals surface area contributed by atoms with E-state index in [1.54, 1.807) is 11.3 Å². The fourth-order valence-corrected chi connectivity index (χ4v) is 6.13. The van der Waals surface area contributed by atoms with E-state index >= 15 is 0 Å². The van der Waals surface area contributed by atoms with Crippen LogP contribution in [-0.2, 0) is 49.4 Å². The predicted molar refractivity (Wildman–Crippen MR) is 193 cm³/mol. The van der Waals surface area contributed by atoms with E-state index in [4.69, 9.17) is 28.8 Å². The number of hydrogen-bond donors (Lipinski definition) is 4. The summed E-state index contributed by atoms with van der Waals surface area (Å²) in [6.45, 7) is 10.8. The number of benzene rings is 1. The number of likely N-dealkylation sites (tertiary alicyclic amines) is 1. The Hall–Kier alpha value is -3.51. The van der Waals surface area contributed by atoms with Crippen LogP contribution in [0.4, 0.5) is 0 Å². The zero-order valence-electron chi connectivity index (χ0n) is 30.6. The maximum atomic E-state index is 13.8. The van der Waals surface area contributed by atoms with E-state index in [1.807, 2.05) is 57.5 Å². The molecule has 3 amide bonds. The first-order chi connectivity index (χ1) is 24.9. The van der Waals surface area contributed by atoms with Gasteiger partial charge in [0.25, 0.3) is 0 Å². The monoisotopic (exact) mass is 750 g/mol. The number of rotatable bonds is 24. The van der Waals surface area contributed by atoms with Crippen LogP contribution in [0.3, 0.4) is 0 Å². The van der Waals surface area contributed by atoms with Crippen LogP contribution in [0.15, 0.2) is 29.8 Å². The number of aliphatic hydroxyl groups is 1. The highest BCUT2D eigenvalue weighted by Crippen LogP contribution is 2.28. The minimum absolute atomic E-state index is 0.00277. The fourth-order valence-electron chi connectivity index (χ4n) is 5.32. The van der Waals surface area contributed by atoms with Crippen LogP contribution >= 0.6 is 11.3 Å². The molecule has 1 saturated heterocycles. The van der Waals surface area contributed by atoms with Gasteiger partial charge in [0.05, 0.1) is 94.7 Å². The van der Waals surface area contributed by atoms with Crippen LogP contribution in [0.1, 0.15) is 51.3 Å². The van der Waals surface area contributed by atoms with Gasteiger partial charge in [0.2, 0.25) is 17.7 Å². The molecule has 0 spiro atoms. The minimum atomic E-state index is -0.922. The van der Waals surface area contributed by atoms with E-state index in [0.717, 1.165) is 21.7 Å². The lowest BCUT2D eigenvalue weighted by Crippen LogP contribution is -2.57. The Morgan fingerprint density at radius 2 is 1.42 bits per heavy atom. The number of aryl methyl sites for hydroxylation is 1. The van der Waals surface area contributed by atoms with E-state index in [0.29, 0.717) is 46.2 Å². The lowest BCUT2D eigenvalue weighted by Gasteiger charge is -2.35. The number of amides is 3. The van der Waals surface area contributed by atoms with Crippen molar-refractivity contribution in [2.24, 2.45) is 5.41 Å². The highest BCUT2D eigenvalue weighted by atomic mass is 32.1. The number of aliphatic carboxylic acids is 1. The summed E-state index contributed by atoms with van der Waals surface area (Å²) in [6, 6.07) is 6.06. The molecule has 0 saturated carbocycles. The van der Waals surface area contributed by atoms with Gasteiger partial charge in [0, 0.05) is 25.9 Å². The van der Waals surface area contributed by atoms with E-state index in [9.17, 15) is 24.3 Å². The van der Waals surface area contributed by atoms with Gasteiger partial charge in [-0.3, -0.25) is 19.2 Å². The summed E-state index contributed by atoms with van der Waals surface area (Å²) in [5, 5.41) is 24.7. The Labute approximate surface area is 309 Å². The third kappa shape index (κ3) is 15.2. The van der Waals surface area contributed by atoms with E-state index < -0.39 is 35.5 Å². The quantitative estimate of drug-likeness (QED) is 0.114. The number of carbonyl (C=O) groups excluding carboxylic acids is 3. The number of ether oxygens (including phenoxy) is 5. The molecule has 15 nitrogen and oxygen atoms in total. The molecule has 0 radical (unpaired) electrons. The zero-order valence-corrected chi connectivity index (χ0v) is 31.4. The molecule has 0 bridgehead atoms. The molecule has 2 heterocycles. The van der Waals surface area contributed by atoms with Crippen LogP contribution in [0.2, 0.25) is 0 Å². The maximum absolute atomic E-state index is 13.8. The predicted octanol–water partition coefficient (Wildman–Crippen LogP) is 2.18. The second-order valence-electron chi connectivity index (χ2n) is 13.4. The number of nitrogens with one attached hydrogen (secondary N) is 2. The molecule has 1 fully saturated rings. The van der Waals surface area contributed by atoms with Gasteiger partial charge in [-0.15, -0.1) is 11.3 Å². The lowest BCUT2D eigenvalue weighted by atomic mass is 9.85. The molecule has 1 aliphatic heterocycles. The largest absolute Gasteiger partial charge is 0.481 e. The summed E-state index contributed by atoms with van der Waals surface area (Å²) in [5.41, 5.74) is 4.05. The van der Waals surface area contributed by atoms with Crippen LogP contribution in [0.5, 0.6) is 0 Å². The number of carbonyl (C=O) groups is 4. The highest BCUT2D eigenvalue weighted by molar-refractivity contribution is 7.13. The zero-order chi connectivity index (χ0) is 37.9. The third-order valence-corrected chi connectivity index (χ3v) is 9.11. The van der Waals surface area contributed by atoms with Crippen molar-refractivity contribution in [3.05, 3.63) is 41.0 Å².